The fraction of sp³-hybridized carbons (Fsp3) is 0.238. The third kappa shape index (κ3) is 8.47. The Morgan fingerprint density at radius 2 is 0.938 bits per heavy atom. The molecule has 1 saturated heterocycles. The van der Waals surface area contributed by atoms with Crippen LogP contribution >= 0.6 is 0 Å². The summed E-state index contributed by atoms with van der Waals surface area (Å²) < 4.78 is 34.0. The predicted octanol–water partition coefficient (Wildman–Crippen LogP) is 8.33. The molecule has 0 bridgehead atoms. The average Bonchev–Trinajstić information content (AvgIpc) is 3.15. The van der Waals surface area contributed by atoms with Crippen LogP contribution in [-0.2, 0) is 55.7 Å². The molecule has 48 heavy (non-hydrogen) atoms. The summed E-state index contributed by atoms with van der Waals surface area (Å²) in [4.78, 5) is 0. The van der Waals surface area contributed by atoms with E-state index in [2.05, 4.69) is 0 Å². The second kappa shape index (κ2) is 17.0. The van der Waals surface area contributed by atoms with Crippen LogP contribution in [-0.4, -0.2) is 36.1 Å². The lowest BCUT2D eigenvalue weighted by Crippen LogP contribution is -2.65. The van der Waals surface area contributed by atoms with Gasteiger partial charge in [0.05, 0.1) is 39.3 Å². The van der Waals surface area contributed by atoms with Gasteiger partial charge in [-0.3, -0.25) is 0 Å². The van der Waals surface area contributed by atoms with Crippen LogP contribution in [0, 0.1) is 0 Å². The van der Waals surface area contributed by atoms with Gasteiger partial charge in [-0.25, -0.2) is 0 Å². The molecule has 0 aromatic heterocycles. The molecule has 1 aliphatic rings. The fourth-order valence-corrected chi connectivity index (χ4v) is 6.18. The third-order valence-corrected chi connectivity index (χ3v) is 8.54. The van der Waals surface area contributed by atoms with E-state index in [1.807, 2.05) is 152 Å². The molecule has 0 spiro atoms. The summed E-state index contributed by atoms with van der Waals surface area (Å²) in [6, 6.07) is 50.0. The highest BCUT2D eigenvalue weighted by Gasteiger charge is 2.56. The molecule has 1 heterocycles. The summed E-state index contributed by atoms with van der Waals surface area (Å²) in [5.41, 5.74) is 3.69. The number of rotatable bonds is 15. The standard InChI is InChI=1S/C42H42O6/c43-27-26-42(37-24-14-5-15-25-37)41(47-31-36-22-12-4-13-23-36)40(46-30-35-20-10-3-11-21-35)39(45-29-34-18-8-2-9-19-34)38(48-42)32-44-28-33-16-6-1-7-17-33/h1-27,38-41,43H,28-32H2/b27-26+/t38-,39+,40+,41-,42-/m1/s1. The summed E-state index contributed by atoms with van der Waals surface area (Å²) in [6.45, 7) is 1.60. The highest BCUT2D eigenvalue weighted by Crippen LogP contribution is 2.44. The third-order valence-electron chi connectivity index (χ3n) is 8.54. The zero-order valence-corrected chi connectivity index (χ0v) is 26.9. The van der Waals surface area contributed by atoms with Crippen molar-refractivity contribution in [2.75, 3.05) is 6.61 Å². The van der Waals surface area contributed by atoms with Gasteiger partial charge in [0.15, 0.2) is 0 Å². The topological polar surface area (TPSA) is 66.4 Å². The van der Waals surface area contributed by atoms with E-state index in [0.29, 0.717) is 26.4 Å². The molecule has 246 valence electrons. The number of aliphatic hydroxyl groups excluding tert-OH is 1. The first-order chi connectivity index (χ1) is 23.7. The molecular formula is C42H42O6. The van der Waals surface area contributed by atoms with Gasteiger partial charge in [0.25, 0.3) is 0 Å². The van der Waals surface area contributed by atoms with Gasteiger partial charge in [0, 0.05) is 0 Å². The Bertz CT molecular complexity index is 1650. The molecule has 5 atom stereocenters. The molecular weight excluding hydrogens is 600 g/mol. The molecule has 0 saturated carbocycles. The van der Waals surface area contributed by atoms with E-state index in [0.717, 1.165) is 34.1 Å². The number of hydrogen-bond acceptors (Lipinski definition) is 6. The van der Waals surface area contributed by atoms with E-state index < -0.39 is 30.0 Å². The number of aliphatic hydroxyl groups is 1. The van der Waals surface area contributed by atoms with Gasteiger partial charge in [-0.15, -0.1) is 0 Å². The van der Waals surface area contributed by atoms with E-state index in [1.54, 1.807) is 6.08 Å². The molecule has 1 aliphatic heterocycles. The van der Waals surface area contributed by atoms with Crippen molar-refractivity contribution in [3.05, 3.63) is 192 Å². The largest absolute Gasteiger partial charge is 0.516 e. The van der Waals surface area contributed by atoms with E-state index in [9.17, 15) is 5.11 Å². The normalized spacial score (nSPS) is 22.5. The van der Waals surface area contributed by atoms with Crippen molar-refractivity contribution in [1.82, 2.24) is 0 Å². The second-order valence-corrected chi connectivity index (χ2v) is 11.9. The molecule has 1 fully saturated rings. The highest BCUT2D eigenvalue weighted by molar-refractivity contribution is 5.32. The highest BCUT2D eigenvalue weighted by atomic mass is 16.6. The number of ether oxygens (including phenoxy) is 5. The van der Waals surface area contributed by atoms with Gasteiger partial charge in [0.2, 0.25) is 0 Å². The van der Waals surface area contributed by atoms with Crippen molar-refractivity contribution < 1.29 is 28.8 Å². The van der Waals surface area contributed by atoms with Crippen molar-refractivity contribution in [3.63, 3.8) is 0 Å². The Kier molecular flexibility index (Phi) is 11.8. The maximum Gasteiger partial charge on any atom is 0.144 e. The molecule has 6 rings (SSSR count). The van der Waals surface area contributed by atoms with Crippen molar-refractivity contribution in [2.45, 2.75) is 56.4 Å². The first kappa shape index (κ1) is 33.3. The van der Waals surface area contributed by atoms with Crippen LogP contribution in [0.5, 0.6) is 0 Å². The minimum Gasteiger partial charge on any atom is -0.516 e. The minimum atomic E-state index is -1.24. The van der Waals surface area contributed by atoms with Crippen molar-refractivity contribution in [1.29, 1.82) is 0 Å². The fourth-order valence-electron chi connectivity index (χ4n) is 6.18. The summed E-state index contributed by atoms with van der Waals surface area (Å²) in [5, 5.41) is 10.5. The quantitative estimate of drug-likeness (QED) is 0.116. The first-order valence-electron chi connectivity index (χ1n) is 16.4. The molecule has 0 amide bonds. The molecule has 5 aromatic rings. The van der Waals surface area contributed by atoms with Gasteiger partial charge < -0.3 is 28.8 Å². The second-order valence-electron chi connectivity index (χ2n) is 11.9. The van der Waals surface area contributed by atoms with Crippen molar-refractivity contribution in [2.24, 2.45) is 0 Å². The SMILES string of the molecule is O/C=C/[C@]1(c2ccccc2)O[C@H](COCc2ccccc2)[C@H](OCc2ccccc2)[C@H](OCc2ccccc2)[C@H]1OCc1ccccc1. The zero-order chi connectivity index (χ0) is 32.9. The lowest BCUT2D eigenvalue weighted by molar-refractivity contribution is -0.300. The van der Waals surface area contributed by atoms with Crippen LogP contribution in [0.3, 0.4) is 0 Å². The maximum absolute atomic E-state index is 10.5. The molecule has 5 aromatic carbocycles. The van der Waals surface area contributed by atoms with Crippen LogP contribution in [0.1, 0.15) is 27.8 Å². The Hall–Kier alpha value is -4.56. The Morgan fingerprint density at radius 3 is 1.42 bits per heavy atom. The van der Waals surface area contributed by atoms with E-state index in [-0.39, 0.29) is 6.61 Å². The minimum absolute atomic E-state index is 0.221. The van der Waals surface area contributed by atoms with Crippen LogP contribution in [0.25, 0.3) is 0 Å². The number of hydrogen-bond donors (Lipinski definition) is 1. The van der Waals surface area contributed by atoms with Crippen molar-refractivity contribution in [3.8, 4) is 0 Å². The molecule has 6 nitrogen and oxygen atoms in total. The van der Waals surface area contributed by atoms with Gasteiger partial charge in [-0.05, 0) is 33.9 Å². The van der Waals surface area contributed by atoms with Crippen LogP contribution < -0.4 is 0 Å². The molecule has 1 N–H and O–H groups in total. The van der Waals surface area contributed by atoms with Gasteiger partial charge in [-0.2, -0.15) is 0 Å². The lowest BCUT2D eigenvalue weighted by atomic mass is 9.79. The monoisotopic (exact) mass is 642 g/mol. The van der Waals surface area contributed by atoms with Crippen LogP contribution in [0.15, 0.2) is 164 Å². The van der Waals surface area contributed by atoms with Gasteiger partial charge in [-0.1, -0.05) is 152 Å². The summed E-state index contributed by atoms with van der Waals surface area (Å²) in [6.07, 6.45) is 0.161. The van der Waals surface area contributed by atoms with E-state index in [4.69, 9.17) is 23.7 Å². The summed E-state index contributed by atoms with van der Waals surface area (Å²) >= 11 is 0. The molecule has 6 heteroatoms. The average molecular weight is 643 g/mol. The molecule has 0 aliphatic carbocycles. The molecule has 0 radical (unpaired) electrons. The Labute approximate surface area is 283 Å². The Balaban J connectivity index is 1.41. The predicted molar refractivity (Wildman–Crippen MR) is 186 cm³/mol. The van der Waals surface area contributed by atoms with E-state index >= 15 is 0 Å². The first-order valence-corrected chi connectivity index (χ1v) is 16.4. The maximum atomic E-state index is 10.5. The van der Waals surface area contributed by atoms with Gasteiger partial charge in [0.1, 0.15) is 30.0 Å². The lowest BCUT2D eigenvalue weighted by Gasteiger charge is -2.52. The van der Waals surface area contributed by atoms with Crippen LogP contribution in [0.2, 0.25) is 0 Å². The van der Waals surface area contributed by atoms with Crippen molar-refractivity contribution >= 4 is 0 Å². The summed E-state index contributed by atoms with van der Waals surface area (Å²) in [7, 11) is 0. The Morgan fingerprint density at radius 1 is 0.521 bits per heavy atom. The molecule has 0 unspecified atom stereocenters. The van der Waals surface area contributed by atoms with Crippen LogP contribution in [0.4, 0.5) is 0 Å². The zero-order valence-electron chi connectivity index (χ0n) is 26.9. The van der Waals surface area contributed by atoms with Gasteiger partial charge >= 0.3 is 0 Å². The van der Waals surface area contributed by atoms with E-state index in [1.165, 1.54) is 0 Å². The summed E-state index contributed by atoms with van der Waals surface area (Å²) in [5.74, 6) is 0. The number of benzene rings is 5. The smallest absolute Gasteiger partial charge is 0.144 e.